The lowest BCUT2D eigenvalue weighted by Gasteiger charge is -2.27. The molecule has 5 N–H and O–H groups in total. The van der Waals surface area contributed by atoms with Gasteiger partial charge in [0.1, 0.15) is 12.1 Å². The number of carbonyl (C=O) groups excluding carboxylic acids is 2. The van der Waals surface area contributed by atoms with E-state index in [0.29, 0.717) is 25.8 Å². The van der Waals surface area contributed by atoms with Crippen LogP contribution in [0.4, 0.5) is 0 Å². The van der Waals surface area contributed by atoms with Gasteiger partial charge >= 0.3 is 11.9 Å². The van der Waals surface area contributed by atoms with Crippen molar-refractivity contribution >= 4 is 35.5 Å². The van der Waals surface area contributed by atoms with Gasteiger partial charge in [0.2, 0.25) is 11.8 Å². The van der Waals surface area contributed by atoms with Crippen molar-refractivity contribution in [2.45, 2.75) is 43.8 Å². The lowest BCUT2D eigenvalue weighted by Crippen LogP contribution is -2.54. The summed E-state index contributed by atoms with van der Waals surface area (Å²) in [6.45, 7) is 0.376. The molecule has 0 aromatic carbocycles. The molecule has 24 heavy (non-hydrogen) atoms. The summed E-state index contributed by atoms with van der Waals surface area (Å²) in [5, 5.41) is 19.9. The van der Waals surface area contributed by atoms with E-state index in [4.69, 9.17) is 15.9 Å². The summed E-state index contributed by atoms with van der Waals surface area (Å²) < 4.78 is 0. The molecule has 1 saturated heterocycles. The molecular formula is C14H23N3O6S. The van der Waals surface area contributed by atoms with Gasteiger partial charge in [-0.2, -0.15) is 11.8 Å². The summed E-state index contributed by atoms with van der Waals surface area (Å²) in [4.78, 5) is 47.7. The normalized spacial score (nSPS) is 19.6. The Morgan fingerprint density at radius 1 is 1.33 bits per heavy atom. The van der Waals surface area contributed by atoms with Gasteiger partial charge in [-0.3, -0.25) is 14.4 Å². The predicted octanol–water partition coefficient (Wildman–Crippen LogP) is -0.898. The fourth-order valence-electron chi connectivity index (χ4n) is 2.53. The van der Waals surface area contributed by atoms with Crippen LogP contribution in [0.5, 0.6) is 0 Å². The lowest BCUT2D eigenvalue weighted by atomic mass is 10.1. The number of carboxylic acid groups (broad SMARTS) is 2. The fraction of sp³-hybridized carbons (Fsp3) is 0.714. The third-order valence-electron chi connectivity index (χ3n) is 3.78. The van der Waals surface area contributed by atoms with Crippen molar-refractivity contribution in [3.63, 3.8) is 0 Å². The standard InChI is InChI=1S/C14H23N3O6S/c1-24-6-4-8(15)13(21)17-5-2-3-10(17)12(20)16-9(14(22)23)7-11(18)19/h8-10H,2-7,15H2,1H3,(H,16,20)(H,18,19)(H,22,23). The number of carboxylic acids is 2. The topological polar surface area (TPSA) is 150 Å². The summed E-state index contributed by atoms with van der Waals surface area (Å²) in [5.74, 6) is -3.05. The predicted molar refractivity (Wildman–Crippen MR) is 87.5 cm³/mol. The van der Waals surface area contributed by atoms with Crippen molar-refractivity contribution in [1.29, 1.82) is 0 Å². The van der Waals surface area contributed by atoms with E-state index < -0.39 is 42.4 Å². The number of rotatable bonds is 9. The van der Waals surface area contributed by atoms with Gasteiger partial charge in [-0.05, 0) is 31.3 Å². The second kappa shape index (κ2) is 9.48. The van der Waals surface area contributed by atoms with Gasteiger partial charge in [0.25, 0.3) is 0 Å². The maximum atomic E-state index is 12.4. The first-order chi connectivity index (χ1) is 11.3. The minimum Gasteiger partial charge on any atom is -0.481 e. The van der Waals surface area contributed by atoms with E-state index in [1.54, 1.807) is 11.8 Å². The van der Waals surface area contributed by atoms with Crippen LogP contribution in [0.2, 0.25) is 0 Å². The Bertz CT molecular complexity index is 501. The van der Waals surface area contributed by atoms with E-state index in [2.05, 4.69) is 5.32 Å². The number of likely N-dealkylation sites (tertiary alicyclic amines) is 1. The zero-order chi connectivity index (χ0) is 18.3. The second-order valence-electron chi connectivity index (χ2n) is 5.57. The largest absolute Gasteiger partial charge is 0.481 e. The van der Waals surface area contributed by atoms with E-state index in [1.165, 1.54) is 4.90 Å². The number of amides is 2. The number of nitrogens with one attached hydrogen (secondary N) is 1. The molecule has 0 radical (unpaired) electrons. The number of nitrogens with two attached hydrogens (primary N) is 1. The van der Waals surface area contributed by atoms with Gasteiger partial charge in [0, 0.05) is 6.54 Å². The first-order valence-electron chi connectivity index (χ1n) is 7.57. The highest BCUT2D eigenvalue weighted by Crippen LogP contribution is 2.19. The van der Waals surface area contributed by atoms with Crippen LogP contribution < -0.4 is 11.1 Å². The summed E-state index contributed by atoms with van der Waals surface area (Å²) in [6, 6.07) is -3.05. The molecule has 9 nitrogen and oxygen atoms in total. The van der Waals surface area contributed by atoms with Gasteiger partial charge in [0.15, 0.2) is 0 Å². The maximum Gasteiger partial charge on any atom is 0.326 e. The quantitative estimate of drug-likeness (QED) is 0.413. The van der Waals surface area contributed by atoms with Crippen molar-refractivity contribution in [1.82, 2.24) is 10.2 Å². The molecule has 0 spiro atoms. The van der Waals surface area contributed by atoms with Gasteiger partial charge < -0.3 is 26.2 Å². The average molecular weight is 361 g/mol. The molecule has 0 saturated carbocycles. The first kappa shape index (κ1) is 20.2. The molecule has 1 fully saturated rings. The van der Waals surface area contributed by atoms with Gasteiger partial charge in [-0.15, -0.1) is 0 Å². The Kier molecular flexibility index (Phi) is 7.99. The van der Waals surface area contributed by atoms with Crippen molar-refractivity contribution in [3.05, 3.63) is 0 Å². The second-order valence-corrected chi connectivity index (χ2v) is 6.56. The Balaban J connectivity index is 2.72. The number of hydrogen-bond donors (Lipinski definition) is 4. The maximum absolute atomic E-state index is 12.4. The number of hydrogen-bond acceptors (Lipinski definition) is 6. The van der Waals surface area contributed by atoms with Gasteiger partial charge in [-0.25, -0.2) is 4.79 Å². The molecule has 0 aliphatic carbocycles. The van der Waals surface area contributed by atoms with E-state index >= 15 is 0 Å². The van der Waals surface area contributed by atoms with Crippen LogP contribution in [0.15, 0.2) is 0 Å². The summed E-state index contributed by atoms with van der Waals surface area (Å²) in [7, 11) is 0. The molecule has 0 aromatic heterocycles. The Morgan fingerprint density at radius 3 is 2.54 bits per heavy atom. The van der Waals surface area contributed by atoms with Crippen LogP contribution in [0, 0.1) is 0 Å². The van der Waals surface area contributed by atoms with Crippen molar-refractivity contribution in [2.75, 3.05) is 18.6 Å². The highest BCUT2D eigenvalue weighted by atomic mass is 32.2. The molecule has 1 rings (SSSR count). The molecule has 3 atom stereocenters. The number of nitrogens with zero attached hydrogens (tertiary/aromatic N) is 1. The van der Waals surface area contributed by atoms with Crippen LogP contribution in [0.3, 0.4) is 0 Å². The Hall–Kier alpha value is -1.81. The molecule has 0 aromatic rings. The zero-order valence-corrected chi connectivity index (χ0v) is 14.3. The van der Waals surface area contributed by atoms with E-state index in [1.807, 2.05) is 6.26 Å². The number of carbonyl (C=O) groups is 4. The minimum atomic E-state index is -1.53. The Morgan fingerprint density at radius 2 is 2.00 bits per heavy atom. The molecule has 0 bridgehead atoms. The smallest absolute Gasteiger partial charge is 0.326 e. The third kappa shape index (κ3) is 5.68. The van der Waals surface area contributed by atoms with Crippen LogP contribution >= 0.6 is 11.8 Å². The fourth-order valence-corrected chi connectivity index (χ4v) is 3.02. The van der Waals surface area contributed by atoms with Crippen molar-refractivity contribution in [2.24, 2.45) is 5.73 Å². The van der Waals surface area contributed by atoms with Crippen LogP contribution in [-0.2, 0) is 19.2 Å². The van der Waals surface area contributed by atoms with Crippen molar-refractivity contribution in [3.8, 4) is 0 Å². The highest BCUT2D eigenvalue weighted by Gasteiger charge is 2.37. The zero-order valence-electron chi connectivity index (χ0n) is 13.4. The van der Waals surface area contributed by atoms with Crippen molar-refractivity contribution < 1.29 is 29.4 Å². The van der Waals surface area contributed by atoms with E-state index in [0.717, 1.165) is 5.75 Å². The molecule has 2 amide bonds. The molecular weight excluding hydrogens is 338 g/mol. The molecule has 3 unspecified atom stereocenters. The van der Waals surface area contributed by atoms with Gasteiger partial charge in [-0.1, -0.05) is 0 Å². The summed E-state index contributed by atoms with van der Waals surface area (Å²) >= 11 is 1.56. The lowest BCUT2D eigenvalue weighted by molar-refractivity contribution is -0.148. The van der Waals surface area contributed by atoms with Crippen LogP contribution in [0.25, 0.3) is 0 Å². The van der Waals surface area contributed by atoms with Gasteiger partial charge in [0.05, 0.1) is 12.5 Å². The SMILES string of the molecule is CSCCC(N)C(=O)N1CCCC1C(=O)NC(CC(=O)O)C(=O)O. The van der Waals surface area contributed by atoms with E-state index in [-0.39, 0.29) is 5.91 Å². The minimum absolute atomic E-state index is 0.341. The summed E-state index contributed by atoms with van der Waals surface area (Å²) in [6.07, 6.45) is 2.66. The summed E-state index contributed by atoms with van der Waals surface area (Å²) in [5.41, 5.74) is 5.85. The van der Waals surface area contributed by atoms with Crippen LogP contribution in [-0.4, -0.2) is 75.5 Å². The molecule has 1 aliphatic heterocycles. The third-order valence-corrected chi connectivity index (χ3v) is 4.43. The molecule has 136 valence electrons. The molecule has 1 heterocycles. The monoisotopic (exact) mass is 361 g/mol. The van der Waals surface area contributed by atoms with Crippen LogP contribution in [0.1, 0.15) is 25.7 Å². The van der Waals surface area contributed by atoms with E-state index in [9.17, 15) is 19.2 Å². The average Bonchev–Trinajstić information content (AvgIpc) is 3.00. The molecule has 10 heteroatoms. The molecule has 1 aliphatic rings. The first-order valence-corrected chi connectivity index (χ1v) is 8.97. The number of thioether (sulfide) groups is 1. The number of aliphatic carboxylic acids is 2. The highest BCUT2D eigenvalue weighted by molar-refractivity contribution is 7.98. The Labute approximate surface area is 143 Å².